The van der Waals surface area contributed by atoms with Crippen molar-refractivity contribution in [2.24, 2.45) is 0 Å². The summed E-state index contributed by atoms with van der Waals surface area (Å²) in [4.78, 5) is 12.2. The van der Waals surface area contributed by atoms with Gasteiger partial charge in [0, 0.05) is 24.7 Å². The van der Waals surface area contributed by atoms with Crippen LogP contribution in [0, 0.1) is 25.5 Å². The van der Waals surface area contributed by atoms with E-state index in [0.717, 1.165) is 39.9 Å². The first kappa shape index (κ1) is 19.8. The van der Waals surface area contributed by atoms with Crippen molar-refractivity contribution in [2.45, 2.75) is 20.3 Å². The van der Waals surface area contributed by atoms with E-state index in [0.29, 0.717) is 5.69 Å². The predicted molar refractivity (Wildman–Crippen MR) is 97.7 cm³/mol. The molecule has 0 saturated heterocycles. The second kappa shape index (κ2) is 7.82. The molecule has 0 spiro atoms. The van der Waals surface area contributed by atoms with Gasteiger partial charge in [-0.1, -0.05) is 17.7 Å². The summed E-state index contributed by atoms with van der Waals surface area (Å²) in [5, 5.41) is 2.72. The molecular formula is C18H20F2N2O3S. The van der Waals surface area contributed by atoms with Gasteiger partial charge in [-0.05, 0) is 37.6 Å². The van der Waals surface area contributed by atoms with Gasteiger partial charge < -0.3 is 5.32 Å². The van der Waals surface area contributed by atoms with Crippen molar-refractivity contribution in [1.82, 2.24) is 0 Å². The van der Waals surface area contributed by atoms with Gasteiger partial charge in [-0.15, -0.1) is 0 Å². The molecule has 0 aliphatic carbocycles. The molecule has 0 fully saturated rings. The fourth-order valence-corrected chi connectivity index (χ4v) is 3.42. The number of nitrogens with one attached hydrogen (secondary N) is 1. The van der Waals surface area contributed by atoms with Crippen LogP contribution in [0.3, 0.4) is 0 Å². The molecule has 0 unspecified atom stereocenters. The quantitative estimate of drug-likeness (QED) is 0.833. The van der Waals surface area contributed by atoms with E-state index < -0.39 is 21.7 Å². The molecule has 5 nitrogen and oxygen atoms in total. The molecule has 1 amide bonds. The fourth-order valence-electron chi connectivity index (χ4n) is 2.50. The molecule has 8 heteroatoms. The van der Waals surface area contributed by atoms with Gasteiger partial charge in [0.25, 0.3) is 0 Å². The maximum atomic E-state index is 13.4. The molecule has 0 atom stereocenters. The molecule has 140 valence electrons. The van der Waals surface area contributed by atoms with Crippen molar-refractivity contribution >= 4 is 27.3 Å². The number of halogens is 2. The number of carbonyl (C=O) groups excluding carboxylic acids is 1. The molecule has 2 aromatic rings. The Kier molecular flexibility index (Phi) is 5.97. The number of nitrogens with zero attached hydrogens (tertiary/aromatic N) is 1. The van der Waals surface area contributed by atoms with Gasteiger partial charge in [-0.2, -0.15) is 0 Å². The highest BCUT2D eigenvalue weighted by Gasteiger charge is 2.20. The van der Waals surface area contributed by atoms with Gasteiger partial charge >= 0.3 is 0 Å². The number of carbonyl (C=O) groups is 1. The van der Waals surface area contributed by atoms with Crippen LogP contribution in [-0.4, -0.2) is 27.1 Å². The molecular weight excluding hydrogens is 362 g/mol. The monoisotopic (exact) mass is 382 g/mol. The molecule has 2 aromatic carbocycles. The van der Waals surface area contributed by atoms with Gasteiger partial charge in [-0.25, -0.2) is 17.2 Å². The average molecular weight is 382 g/mol. The van der Waals surface area contributed by atoms with Gasteiger partial charge in [0.1, 0.15) is 0 Å². The van der Waals surface area contributed by atoms with Crippen LogP contribution in [0.5, 0.6) is 0 Å². The number of amides is 1. The third-order valence-electron chi connectivity index (χ3n) is 3.79. The topological polar surface area (TPSA) is 66.5 Å². The van der Waals surface area contributed by atoms with Crippen LogP contribution in [0.1, 0.15) is 17.5 Å². The molecule has 0 aliphatic rings. The Labute approximate surface area is 151 Å². The second-order valence-corrected chi connectivity index (χ2v) is 7.96. The Bertz CT molecular complexity index is 930. The van der Waals surface area contributed by atoms with E-state index in [2.05, 4.69) is 5.32 Å². The van der Waals surface area contributed by atoms with Crippen LogP contribution in [-0.2, 0) is 14.8 Å². The van der Waals surface area contributed by atoms with Crippen LogP contribution >= 0.6 is 0 Å². The summed E-state index contributed by atoms with van der Waals surface area (Å²) in [5.74, 6) is -2.61. The zero-order valence-electron chi connectivity index (χ0n) is 14.7. The molecule has 0 radical (unpaired) electrons. The van der Waals surface area contributed by atoms with Gasteiger partial charge in [0.05, 0.1) is 11.9 Å². The van der Waals surface area contributed by atoms with Crippen LogP contribution in [0.15, 0.2) is 36.4 Å². The number of hydrogen-bond donors (Lipinski definition) is 1. The third kappa shape index (κ3) is 5.01. The van der Waals surface area contributed by atoms with Crippen molar-refractivity contribution in [3.63, 3.8) is 0 Å². The van der Waals surface area contributed by atoms with E-state index >= 15 is 0 Å². The predicted octanol–water partition coefficient (Wildman–Crippen LogP) is 3.38. The largest absolute Gasteiger partial charge is 0.326 e. The molecule has 0 aromatic heterocycles. The zero-order valence-corrected chi connectivity index (χ0v) is 15.5. The standard InChI is InChI=1S/C18H20F2N2O3S/c1-12-4-7-17(13(2)10-12)21-18(23)8-9-22(26(3,24)25)14-5-6-15(19)16(20)11-14/h4-7,10-11H,8-9H2,1-3H3,(H,21,23). The second-order valence-electron chi connectivity index (χ2n) is 6.05. The summed E-state index contributed by atoms with van der Waals surface area (Å²) in [6.45, 7) is 3.60. The lowest BCUT2D eigenvalue weighted by molar-refractivity contribution is -0.116. The maximum Gasteiger partial charge on any atom is 0.232 e. The van der Waals surface area contributed by atoms with Crippen LogP contribution < -0.4 is 9.62 Å². The Morgan fingerprint density at radius 3 is 2.35 bits per heavy atom. The Morgan fingerprint density at radius 1 is 1.08 bits per heavy atom. The Morgan fingerprint density at radius 2 is 1.77 bits per heavy atom. The van der Waals surface area contributed by atoms with Crippen molar-refractivity contribution in [3.8, 4) is 0 Å². The van der Waals surface area contributed by atoms with Gasteiger partial charge in [0.15, 0.2) is 11.6 Å². The highest BCUT2D eigenvalue weighted by molar-refractivity contribution is 7.92. The number of benzene rings is 2. The normalized spacial score (nSPS) is 11.3. The Balaban J connectivity index is 2.12. The minimum atomic E-state index is -3.77. The maximum absolute atomic E-state index is 13.4. The SMILES string of the molecule is Cc1ccc(NC(=O)CCN(c2ccc(F)c(F)c2)S(C)(=O)=O)c(C)c1. The molecule has 0 aliphatic heterocycles. The minimum Gasteiger partial charge on any atom is -0.326 e. The number of rotatable bonds is 6. The molecule has 0 heterocycles. The minimum absolute atomic E-state index is 0.0364. The lowest BCUT2D eigenvalue weighted by atomic mass is 10.1. The summed E-state index contributed by atoms with van der Waals surface area (Å²) < 4.78 is 51.3. The van der Waals surface area contributed by atoms with E-state index in [1.54, 1.807) is 6.07 Å². The summed E-state index contributed by atoms with van der Waals surface area (Å²) in [6.07, 6.45) is 0.801. The first-order valence-electron chi connectivity index (χ1n) is 7.88. The van der Waals surface area contributed by atoms with Crippen LogP contribution in [0.2, 0.25) is 0 Å². The van der Waals surface area contributed by atoms with Gasteiger partial charge in [-0.3, -0.25) is 9.10 Å². The lowest BCUT2D eigenvalue weighted by Crippen LogP contribution is -2.33. The fraction of sp³-hybridized carbons (Fsp3) is 0.278. The smallest absolute Gasteiger partial charge is 0.232 e. The van der Waals surface area contributed by atoms with E-state index in [9.17, 15) is 22.0 Å². The molecule has 26 heavy (non-hydrogen) atoms. The van der Waals surface area contributed by atoms with Crippen molar-refractivity contribution in [2.75, 3.05) is 22.4 Å². The lowest BCUT2D eigenvalue weighted by Gasteiger charge is -2.22. The van der Waals surface area contributed by atoms with E-state index in [-0.39, 0.29) is 24.6 Å². The number of aryl methyl sites for hydroxylation is 2. The summed E-state index contributed by atoms with van der Waals surface area (Å²) in [7, 11) is -3.77. The highest BCUT2D eigenvalue weighted by atomic mass is 32.2. The van der Waals surface area contributed by atoms with Crippen LogP contribution in [0.4, 0.5) is 20.2 Å². The molecule has 1 N–H and O–H groups in total. The van der Waals surface area contributed by atoms with Gasteiger partial charge in [0.2, 0.25) is 15.9 Å². The number of sulfonamides is 1. The van der Waals surface area contributed by atoms with E-state index in [4.69, 9.17) is 0 Å². The zero-order chi connectivity index (χ0) is 19.5. The third-order valence-corrected chi connectivity index (χ3v) is 4.98. The summed E-state index contributed by atoms with van der Waals surface area (Å²) in [5.41, 5.74) is 2.55. The number of anilines is 2. The van der Waals surface area contributed by atoms with E-state index in [1.165, 1.54) is 0 Å². The number of hydrogen-bond acceptors (Lipinski definition) is 3. The summed E-state index contributed by atoms with van der Waals surface area (Å²) in [6, 6.07) is 8.33. The molecule has 2 rings (SSSR count). The van der Waals surface area contributed by atoms with Crippen molar-refractivity contribution in [3.05, 3.63) is 59.2 Å². The first-order chi connectivity index (χ1) is 12.1. The van der Waals surface area contributed by atoms with E-state index in [1.807, 2.05) is 26.0 Å². The summed E-state index contributed by atoms with van der Waals surface area (Å²) >= 11 is 0. The first-order valence-corrected chi connectivity index (χ1v) is 9.72. The Hall–Kier alpha value is -2.48. The van der Waals surface area contributed by atoms with Crippen molar-refractivity contribution in [1.29, 1.82) is 0 Å². The molecule has 0 saturated carbocycles. The highest BCUT2D eigenvalue weighted by Crippen LogP contribution is 2.21. The average Bonchev–Trinajstić information content (AvgIpc) is 2.52. The van der Waals surface area contributed by atoms with Crippen LogP contribution in [0.25, 0.3) is 0 Å². The molecule has 0 bridgehead atoms. The van der Waals surface area contributed by atoms with Crippen molar-refractivity contribution < 1.29 is 22.0 Å².